The Kier molecular flexibility index (Phi) is 2.44. The highest BCUT2D eigenvalue weighted by atomic mass is 16.5. The Balaban J connectivity index is 1.84. The van der Waals surface area contributed by atoms with Gasteiger partial charge in [-0.15, -0.1) is 0 Å². The Hall–Kier alpha value is -2.03. The molecule has 1 aliphatic carbocycles. The first-order chi connectivity index (χ1) is 8.33. The highest BCUT2D eigenvalue weighted by Crippen LogP contribution is 2.35. The fourth-order valence-corrected chi connectivity index (χ4v) is 2.08. The average molecular weight is 227 g/mol. The van der Waals surface area contributed by atoms with Crippen LogP contribution in [0.4, 0.5) is 5.69 Å². The zero-order valence-electron chi connectivity index (χ0n) is 9.28. The minimum absolute atomic E-state index is 0.0201. The molecule has 3 rings (SSSR count). The summed E-state index contributed by atoms with van der Waals surface area (Å²) in [6.45, 7) is 0. The van der Waals surface area contributed by atoms with E-state index in [4.69, 9.17) is 4.74 Å². The van der Waals surface area contributed by atoms with E-state index in [1.54, 1.807) is 18.2 Å². The number of phenolic OH excluding ortho intramolecular Hbond substituents is 1. The highest BCUT2D eigenvalue weighted by Gasteiger charge is 2.23. The monoisotopic (exact) mass is 227 g/mol. The molecule has 1 heterocycles. The Morgan fingerprint density at radius 3 is 3.06 bits per heavy atom. The average Bonchev–Trinajstić information content (AvgIpc) is 2.39. The first-order valence-electron chi connectivity index (χ1n) is 5.70. The van der Waals surface area contributed by atoms with Crippen LogP contribution in [0.25, 0.3) is 0 Å². The van der Waals surface area contributed by atoms with Crippen LogP contribution in [-0.4, -0.2) is 17.4 Å². The van der Waals surface area contributed by atoms with Gasteiger partial charge in [0.15, 0.2) is 0 Å². The van der Waals surface area contributed by atoms with E-state index < -0.39 is 0 Å². The summed E-state index contributed by atoms with van der Waals surface area (Å²) in [4.78, 5) is 4.34. The van der Waals surface area contributed by atoms with Gasteiger partial charge in [0.25, 0.3) is 0 Å². The molecular weight excluding hydrogens is 214 g/mol. The lowest BCUT2D eigenvalue weighted by Crippen LogP contribution is -2.29. The zero-order valence-corrected chi connectivity index (χ0v) is 9.28. The van der Waals surface area contributed by atoms with Crippen LogP contribution in [0.3, 0.4) is 0 Å². The summed E-state index contributed by atoms with van der Waals surface area (Å²) in [5.41, 5.74) is 0.691. The van der Waals surface area contributed by atoms with E-state index >= 15 is 0 Å². The van der Waals surface area contributed by atoms with E-state index in [1.165, 1.54) is 0 Å². The van der Waals surface area contributed by atoms with Gasteiger partial charge in [-0.3, -0.25) is 4.99 Å². The van der Waals surface area contributed by atoms with Crippen LogP contribution >= 0.6 is 0 Å². The number of aromatic hydroxyl groups is 1. The van der Waals surface area contributed by atoms with E-state index in [0.717, 1.165) is 12.2 Å². The number of allylic oxidation sites excluding steroid dienone is 3. The molecule has 0 bridgehead atoms. The molecule has 86 valence electrons. The molecule has 2 unspecified atom stereocenters. The van der Waals surface area contributed by atoms with Gasteiger partial charge in [-0.1, -0.05) is 24.3 Å². The van der Waals surface area contributed by atoms with Crippen molar-refractivity contribution in [2.24, 2.45) is 10.9 Å². The van der Waals surface area contributed by atoms with Gasteiger partial charge in [-0.25, -0.2) is 0 Å². The van der Waals surface area contributed by atoms with Gasteiger partial charge in [0.05, 0.1) is 0 Å². The molecule has 3 heteroatoms. The molecular formula is C14H13NO2. The number of phenols is 1. The zero-order chi connectivity index (χ0) is 11.7. The number of hydrogen-bond acceptors (Lipinski definition) is 3. The van der Waals surface area contributed by atoms with Gasteiger partial charge in [-0.05, 0) is 18.6 Å². The predicted octanol–water partition coefficient (Wildman–Crippen LogP) is 2.99. The van der Waals surface area contributed by atoms with E-state index in [-0.39, 0.29) is 11.9 Å². The molecule has 1 aliphatic heterocycles. The van der Waals surface area contributed by atoms with Crippen LogP contribution in [0.1, 0.15) is 6.42 Å². The van der Waals surface area contributed by atoms with Crippen molar-refractivity contribution in [2.45, 2.75) is 12.5 Å². The Morgan fingerprint density at radius 2 is 2.24 bits per heavy atom. The third kappa shape index (κ3) is 1.96. The second-order valence-electron chi connectivity index (χ2n) is 4.23. The minimum Gasteiger partial charge on any atom is -0.508 e. The van der Waals surface area contributed by atoms with Crippen LogP contribution < -0.4 is 4.74 Å². The van der Waals surface area contributed by atoms with Crippen LogP contribution in [0.5, 0.6) is 11.5 Å². The molecule has 0 radical (unpaired) electrons. The second kappa shape index (κ2) is 4.09. The molecule has 0 spiro atoms. The lowest BCUT2D eigenvalue weighted by Gasteiger charge is -2.26. The van der Waals surface area contributed by atoms with Crippen molar-refractivity contribution < 1.29 is 9.84 Å². The maximum absolute atomic E-state index is 9.35. The number of nitrogens with zero attached hydrogens (tertiary/aromatic N) is 1. The van der Waals surface area contributed by atoms with Gasteiger partial charge in [0.1, 0.15) is 23.3 Å². The van der Waals surface area contributed by atoms with Crippen molar-refractivity contribution in [3.8, 4) is 11.5 Å². The van der Waals surface area contributed by atoms with Crippen molar-refractivity contribution in [3.05, 3.63) is 42.5 Å². The number of hydrogen-bond donors (Lipinski definition) is 1. The predicted molar refractivity (Wildman–Crippen MR) is 67.1 cm³/mol. The maximum atomic E-state index is 9.35. The molecule has 2 aliphatic rings. The standard InChI is InChI=1S/C14H13NO2/c16-11-6-7-13-12(8-11)15-9-14(17-13)10-4-2-1-3-5-10/h1-4,6-10,14,16H,5H2. The summed E-state index contributed by atoms with van der Waals surface area (Å²) in [5.74, 6) is 1.28. The van der Waals surface area contributed by atoms with Gasteiger partial charge in [-0.2, -0.15) is 0 Å². The molecule has 1 aromatic rings. The molecule has 3 nitrogen and oxygen atoms in total. The number of fused-ring (bicyclic) bond motifs is 1. The molecule has 0 fully saturated rings. The molecule has 1 aromatic carbocycles. The molecule has 0 aromatic heterocycles. The summed E-state index contributed by atoms with van der Waals surface area (Å²) in [5, 5.41) is 9.35. The summed E-state index contributed by atoms with van der Waals surface area (Å²) in [7, 11) is 0. The van der Waals surface area contributed by atoms with Gasteiger partial charge in [0.2, 0.25) is 0 Å². The fourth-order valence-electron chi connectivity index (χ4n) is 2.08. The number of benzene rings is 1. The summed E-state index contributed by atoms with van der Waals surface area (Å²) in [6, 6.07) is 4.99. The van der Waals surface area contributed by atoms with Gasteiger partial charge < -0.3 is 9.84 Å². The smallest absolute Gasteiger partial charge is 0.146 e. The van der Waals surface area contributed by atoms with Crippen LogP contribution in [0.2, 0.25) is 0 Å². The molecule has 0 amide bonds. The van der Waals surface area contributed by atoms with Crippen molar-refractivity contribution >= 4 is 11.9 Å². The topological polar surface area (TPSA) is 41.8 Å². The Labute approximate surface area is 99.8 Å². The third-order valence-electron chi connectivity index (χ3n) is 3.00. The summed E-state index contributed by atoms with van der Waals surface area (Å²) >= 11 is 0. The second-order valence-corrected chi connectivity index (χ2v) is 4.23. The van der Waals surface area contributed by atoms with Crippen molar-refractivity contribution in [3.63, 3.8) is 0 Å². The van der Waals surface area contributed by atoms with Gasteiger partial charge >= 0.3 is 0 Å². The highest BCUT2D eigenvalue weighted by molar-refractivity contribution is 5.75. The summed E-state index contributed by atoms with van der Waals surface area (Å²) < 4.78 is 5.88. The van der Waals surface area contributed by atoms with E-state index in [9.17, 15) is 5.11 Å². The number of aliphatic imine (C=N–C) groups is 1. The van der Waals surface area contributed by atoms with E-state index in [1.807, 2.05) is 18.4 Å². The van der Waals surface area contributed by atoms with Crippen molar-refractivity contribution in [1.82, 2.24) is 0 Å². The van der Waals surface area contributed by atoms with Gasteiger partial charge in [0, 0.05) is 18.2 Å². The number of ether oxygens (including phenoxy) is 1. The summed E-state index contributed by atoms with van der Waals surface area (Å²) in [6.07, 6.45) is 11.1. The van der Waals surface area contributed by atoms with Crippen LogP contribution in [0.15, 0.2) is 47.5 Å². The molecule has 17 heavy (non-hydrogen) atoms. The normalized spacial score (nSPS) is 25.4. The number of rotatable bonds is 1. The van der Waals surface area contributed by atoms with Crippen molar-refractivity contribution in [2.75, 3.05) is 0 Å². The lowest BCUT2D eigenvalue weighted by molar-refractivity contribution is 0.222. The molecule has 2 atom stereocenters. The van der Waals surface area contributed by atoms with Crippen molar-refractivity contribution in [1.29, 1.82) is 0 Å². The Morgan fingerprint density at radius 1 is 1.29 bits per heavy atom. The third-order valence-corrected chi connectivity index (χ3v) is 3.00. The first-order valence-corrected chi connectivity index (χ1v) is 5.70. The SMILES string of the molecule is Oc1ccc2c(c1)N=CC(C1C=CC=CC1)O2. The van der Waals surface area contributed by atoms with E-state index in [0.29, 0.717) is 11.6 Å². The van der Waals surface area contributed by atoms with E-state index in [2.05, 4.69) is 17.1 Å². The molecule has 1 N–H and O–H groups in total. The lowest BCUT2D eigenvalue weighted by atomic mass is 9.95. The largest absolute Gasteiger partial charge is 0.508 e. The molecule has 0 saturated heterocycles. The first kappa shape index (κ1) is 10.1. The molecule has 0 saturated carbocycles. The van der Waals surface area contributed by atoms with Crippen LogP contribution in [0, 0.1) is 5.92 Å². The minimum atomic E-state index is -0.0201. The fraction of sp³-hybridized carbons (Fsp3) is 0.214. The quantitative estimate of drug-likeness (QED) is 0.801. The Bertz CT molecular complexity index is 517. The van der Waals surface area contributed by atoms with Crippen LogP contribution in [-0.2, 0) is 0 Å². The maximum Gasteiger partial charge on any atom is 0.146 e.